The Kier molecular flexibility index (Phi) is 7.68. The van der Waals surface area contributed by atoms with Gasteiger partial charge in [-0.25, -0.2) is 0 Å². The molecular weight excluding hydrogens is 382 g/mol. The van der Waals surface area contributed by atoms with E-state index in [1.807, 2.05) is 26.1 Å². The molecule has 1 aliphatic rings. The number of rotatable bonds is 8. The first kappa shape index (κ1) is 21.4. The van der Waals surface area contributed by atoms with E-state index >= 15 is 0 Å². The highest BCUT2D eigenvalue weighted by Gasteiger charge is 2.21. The predicted molar refractivity (Wildman–Crippen MR) is 117 cm³/mol. The summed E-state index contributed by atoms with van der Waals surface area (Å²) in [4.78, 5) is 15.9. The van der Waals surface area contributed by atoms with Crippen molar-refractivity contribution >= 4 is 22.2 Å². The van der Waals surface area contributed by atoms with Crippen LogP contribution in [-0.2, 0) is 24.2 Å². The van der Waals surface area contributed by atoms with Crippen LogP contribution >= 0.6 is 11.3 Å². The number of aryl methyl sites for hydroxylation is 1. The van der Waals surface area contributed by atoms with Gasteiger partial charge in [-0.1, -0.05) is 18.6 Å². The van der Waals surface area contributed by atoms with E-state index in [9.17, 15) is 10.1 Å². The largest absolute Gasteiger partial charge is 0.494 e. The second-order valence-corrected chi connectivity index (χ2v) is 8.60. The van der Waals surface area contributed by atoms with Crippen LogP contribution in [-0.4, -0.2) is 31.0 Å². The summed E-state index contributed by atoms with van der Waals surface area (Å²) in [6.45, 7) is 4.07. The van der Waals surface area contributed by atoms with E-state index in [2.05, 4.69) is 28.4 Å². The zero-order valence-corrected chi connectivity index (χ0v) is 18.1. The number of nitriles is 1. The predicted octanol–water partition coefficient (Wildman–Crippen LogP) is 4.75. The summed E-state index contributed by atoms with van der Waals surface area (Å²) in [7, 11) is 2.01. The van der Waals surface area contributed by atoms with Gasteiger partial charge in [0.2, 0.25) is 5.91 Å². The van der Waals surface area contributed by atoms with Crippen LogP contribution < -0.4 is 10.1 Å². The van der Waals surface area contributed by atoms with E-state index in [4.69, 9.17) is 4.74 Å². The van der Waals surface area contributed by atoms with Crippen molar-refractivity contribution < 1.29 is 9.53 Å². The monoisotopic (exact) mass is 411 g/mol. The molecular formula is C23H29N3O2S. The molecule has 0 spiro atoms. The molecule has 0 fully saturated rings. The summed E-state index contributed by atoms with van der Waals surface area (Å²) in [5, 5.41) is 13.3. The van der Waals surface area contributed by atoms with Gasteiger partial charge in [0.05, 0.1) is 12.2 Å². The summed E-state index contributed by atoms with van der Waals surface area (Å²) < 4.78 is 5.47. The summed E-state index contributed by atoms with van der Waals surface area (Å²) in [5.41, 5.74) is 3.03. The lowest BCUT2D eigenvalue weighted by molar-refractivity contribution is -0.116. The highest BCUT2D eigenvalue weighted by molar-refractivity contribution is 7.16. The zero-order chi connectivity index (χ0) is 20.6. The molecule has 1 N–H and O–H groups in total. The Morgan fingerprint density at radius 2 is 2.00 bits per heavy atom. The van der Waals surface area contributed by atoms with Crippen molar-refractivity contribution in [3.05, 3.63) is 45.8 Å². The third-order valence-electron chi connectivity index (χ3n) is 5.19. The van der Waals surface area contributed by atoms with Crippen LogP contribution in [0.25, 0.3) is 0 Å². The quantitative estimate of drug-likeness (QED) is 0.637. The Labute approximate surface area is 177 Å². The van der Waals surface area contributed by atoms with Gasteiger partial charge < -0.3 is 15.0 Å². The Hall–Kier alpha value is -2.36. The average molecular weight is 412 g/mol. The molecule has 3 rings (SSSR count). The molecule has 0 unspecified atom stereocenters. The van der Waals surface area contributed by atoms with E-state index in [1.54, 1.807) is 11.3 Å². The third kappa shape index (κ3) is 5.81. The molecule has 29 heavy (non-hydrogen) atoms. The minimum absolute atomic E-state index is 0.0311. The fourth-order valence-corrected chi connectivity index (χ4v) is 4.93. The molecule has 0 aliphatic heterocycles. The number of ether oxygens (including phenoxy) is 1. The molecule has 1 aromatic carbocycles. The van der Waals surface area contributed by atoms with Gasteiger partial charge in [-0.15, -0.1) is 11.3 Å². The topological polar surface area (TPSA) is 65.4 Å². The number of fused-ring (bicyclic) bond motifs is 1. The standard InChI is InChI=1S/C23H29N3O2S/c1-3-28-18-11-9-17(10-12-18)16-26(2)14-13-22(27)25-23-20(15-24)19-7-5-4-6-8-21(19)29-23/h9-12H,3-8,13-14,16H2,1-2H3,(H,25,27). The number of anilines is 1. The highest BCUT2D eigenvalue weighted by Crippen LogP contribution is 2.37. The summed E-state index contributed by atoms with van der Waals surface area (Å²) >= 11 is 1.59. The number of carbonyl (C=O) groups is 1. The second-order valence-electron chi connectivity index (χ2n) is 7.49. The van der Waals surface area contributed by atoms with E-state index in [0.717, 1.165) is 42.1 Å². The van der Waals surface area contributed by atoms with Crippen molar-refractivity contribution in [2.24, 2.45) is 0 Å². The maximum atomic E-state index is 12.5. The van der Waals surface area contributed by atoms with Crippen molar-refractivity contribution in [3.8, 4) is 11.8 Å². The SMILES string of the molecule is CCOc1ccc(CN(C)CCC(=O)Nc2sc3c(c2C#N)CCCCC3)cc1. The van der Waals surface area contributed by atoms with Crippen LogP contribution in [0.1, 0.15) is 54.2 Å². The molecule has 1 amide bonds. The fraction of sp³-hybridized carbons (Fsp3) is 0.478. The van der Waals surface area contributed by atoms with Crippen molar-refractivity contribution in [2.75, 3.05) is 25.5 Å². The van der Waals surface area contributed by atoms with E-state index in [0.29, 0.717) is 25.1 Å². The lowest BCUT2D eigenvalue weighted by atomic mass is 10.1. The molecule has 1 aliphatic carbocycles. The van der Waals surface area contributed by atoms with E-state index < -0.39 is 0 Å². The summed E-state index contributed by atoms with van der Waals surface area (Å²) in [6.07, 6.45) is 5.89. The molecule has 0 saturated carbocycles. The first-order chi connectivity index (χ1) is 14.1. The number of thiophene rings is 1. The molecule has 0 bridgehead atoms. The Morgan fingerprint density at radius 3 is 2.72 bits per heavy atom. The lowest BCUT2D eigenvalue weighted by Gasteiger charge is -2.16. The first-order valence-corrected chi connectivity index (χ1v) is 11.2. The molecule has 1 heterocycles. The smallest absolute Gasteiger partial charge is 0.226 e. The van der Waals surface area contributed by atoms with Gasteiger partial charge in [0.25, 0.3) is 0 Å². The highest BCUT2D eigenvalue weighted by atomic mass is 32.1. The molecule has 0 saturated heterocycles. The molecule has 6 heteroatoms. The van der Waals surface area contributed by atoms with Crippen LogP contribution in [0.5, 0.6) is 5.75 Å². The molecule has 1 aromatic heterocycles. The molecule has 0 radical (unpaired) electrons. The summed E-state index contributed by atoms with van der Waals surface area (Å²) in [5.74, 6) is 0.845. The van der Waals surface area contributed by atoms with Gasteiger partial charge in [0.1, 0.15) is 16.8 Å². The lowest BCUT2D eigenvalue weighted by Crippen LogP contribution is -2.24. The van der Waals surface area contributed by atoms with Gasteiger partial charge in [-0.3, -0.25) is 4.79 Å². The maximum absolute atomic E-state index is 12.5. The van der Waals surface area contributed by atoms with Crippen LogP contribution in [0.2, 0.25) is 0 Å². The van der Waals surface area contributed by atoms with Gasteiger partial charge in [-0.2, -0.15) is 5.26 Å². The van der Waals surface area contributed by atoms with Crippen LogP contribution in [0.4, 0.5) is 5.00 Å². The first-order valence-electron chi connectivity index (χ1n) is 10.4. The number of nitrogens with zero attached hydrogens (tertiary/aromatic N) is 2. The van der Waals surface area contributed by atoms with E-state index in [1.165, 1.54) is 23.3 Å². The third-order valence-corrected chi connectivity index (χ3v) is 6.40. The maximum Gasteiger partial charge on any atom is 0.226 e. The number of amides is 1. The number of benzene rings is 1. The second kappa shape index (κ2) is 10.4. The van der Waals surface area contributed by atoms with Crippen molar-refractivity contribution in [1.82, 2.24) is 4.90 Å². The summed E-state index contributed by atoms with van der Waals surface area (Å²) in [6, 6.07) is 10.4. The normalized spacial score (nSPS) is 13.4. The zero-order valence-electron chi connectivity index (χ0n) is 17.3. The number of hydrogen-bond donors (Lipinski definition) is 1. The van der Waals surface area contributed by atoms with Gasteiger partial charge in [-0.05, 0) is 62.9 Å². The van der Waals surface area contributed by atoms with Crippen molar-refractivity contribution in [3.63, 3.8) is 0 Å². The molecule has 0 atom stereocenters. The Morgan fingerprint density at radius 1 is 1.24 bits per heavy atom. The van der Waals surface area contributed by atoms with E-state index in [-0.39, 0.29) is 5.91 Å². The van der Waals surface area contributed by atoms with Crippen LogP contribution in [0, 0.1) is 11.3 Å². The minimum atomic E-state index is -0.0311. The number of carbonyl (C=O) groups excluding carboxylic acids is 1. The molecule has 2 aromatic rings. The average Bonchev–Trinajstić information content (AvgIpc) is 2.87. The number of hydrogen-bond acceptors (Lipinski definition) is 5. The molecule has 5 nitrogen and oxygen atoms in total. The van der Waals surface area contributed by atoms with Crippen LogP contribution in [0.3, 0.4) is 0 Å². The fourth-order valence-electron chi connectivity index (χ4n) is 3.68. The number of nitrogens with one attached hydrogen (secondary N) is 1. The van der Waals surface area contributed by atoms with Crippen molar-refractivity contribution in [2.45, 2.75) is 52.0 Å². The van der Waals surface area contributed by atoms with Gasteiger partial charge >= 0.3 is 0 Å². The Bertz CT molecular complexity index is 867. The molecule has 154 valence electrons. The van der Waals surface area contributed by atoms with Gasteiger partial charge in [0.15, 0.2) is 0 Å². The Balaban J connectivity index is 1.51. The van der Waals surface area contributed by atoms with Crippen LogP contribution in [0.15, 0.2) is 24.3 Å². The van der Waals surface area contributed by atoms with Gasteiger partial charge in [0, 0.05) is 24.4 Å². The van der Waals surface area contributed by atoms with Crippen molar-refractivity contribution in [1.29, 1.82) is 5.26 Å². The minimum Gasteiger partial charge on any atom is -0.494 e.